The second-order valence-electron chi connectivity index (χ2n) is 4.93. The molecule has 2 N–H and O–H groups in total. The third-order valence-corrected chi connectivity index (χ3v) is 2.79. The van der Waals surface area contributed by atoms with E-state index in [4.69, 9.17) is 10.5 Å². The first-order valence-electron chi connectivity index (χ1n) is 6.25. The number of rotatable bonds is 6. The molecule has 18 heavy (non-hydrogen) atoms. The summed E-state index contributed by atoms with van der Waals surface area (Å²) in [6, 6.07) is 2.97. The molecule has 0 aliphatic heterocycles. The zero-order valence-corrected chi connectivity index (χ0v) is 11.7. The van der Waals surface area contributed by atoms with Crippen LogP contribution in [0.5, 0.6) is 5.75 Å². The van der Waals surface area contributed by atoms with Crippen molar-refractivity contribution in [3.8, 4) is 5.75 Å². The van der Waals surface area contributed by atoms with E-state index in [2.05, 4.69) is 4.90 Å². The van der Waals surface area contributed by atoms with Crippen molar-refractivity contribution in [2.45, 2.75) is 26.3 Å². The molecule has 0 saturated carbocycles. The van der Waals surface area contributed by atoms with Crippen molar-refractivity contribution in [3.63, 3.8) is 0 Å². The number of hydrogen-bond donors (Lipinski definition) is 1. The van der Waals surface area contributed by atoms with E-state index in [0.29, 0.717) is 17.9 Å². The van der Waals surface area contributed by atoms with Crippen LogP contribution in [0.4, 0.5) is 4.39 Å². The van der Waals surface area contributed by atoms with Gasteiger partial charge in [-0.05, 0) is 52.1 Å². The van der Waals surface area contributed by atoms with E-state index < -0.39 is 0 Å². The molecule has 102 valence electrons. The Morgan fingerprint density at radius 3 is 2.61 bits per heavy atom. The fraction of sp³-hybridized carbons (Fsp3) is 0.571. The molecule has 0 aliphatic carbocycles. The molecular weight excluding hydrogens is 231 g/mol. The first-order chi connectivity index (χ1) is 8.41. The number of aryl methyl sites for hydroxylation is 1. The summed E-state index contributed by atoms with van der Waals surface area (Å²) >= 11 is 0. The van der Waals surface area contributed by atoms with Gasteiger partial charge >= 0.3 is 0 Å². The molecule has 0 spiro atoms. The van der Waals surface area contributed by atoms with Crippen LogP contribution in [0.2, 0.25) is 0 Å². The zero-order chi connectivity index (χ0) is 13.7. The predicted octanol–water partition coefficient (Wildman–Crippen LogP) is 2.48. The molecule has 0 radical (unpaired) electrons. The van der Waals surface area contributed by atoms with Gasteiger partial charge in [0.1, 0.15) is 11.6 Å². The number of benzene rings is 1. The Balaban J connectivity index is 2.71. The van der Waals surface area contributed by atoms with Crippen LogP contribution in [0.15, 0.2) is 12.1 Å². The first-order valence-corrected chi connectivity index (χ1v) is 6.25. The molecule has 1 aromatic rings. The maximum atomic E-state index is 13.5. The minimum atomic E-state index is -0.233. The molecule has 0 fully saturated rings. The molecular formula is C14H23FN2O. The zero-order valence-electron chi connectivity index (χ0n) is 11.7. The second kappa shape index (κ2) is 6.71. The lowest BCUT2D eigenvalue weighted by molar-refractivity contribution is 0.278. The standard InChI is InChI=1S/C14H23FN2O/c1-10-8-14(18-7-5-6-17(3)4)12(11(2)16)9-13(10)15/h8-9,11H,5-7,16H2,1-4H3/t11-/m0/s1. The summed E-state index contributed by atoms with van der Waals surface area (Å²) < 4.78 is 19.2. The van der Waals surface area contributed by atoms with Crippen LogP contribution in [0.25, 0.3) is 0 Å². The lowest BCUT2D eigenvalue weighted by atomic mass is 10.1. The van der Waals surface area contributed by atoms with Crippen LogP contribution >= 0.6 is 0 Å². The van der Waals surface area contributed by atoms with Gasteiger partial charge in [-0.15, -0.1) is 0 Å². The SMILES string of the molecule is Cc1cc(OCCCN(C)C)c([C@H](C)N)cc1F. The van der Waals surface area contributed by atoms with E-state index in [0.717, 1.165) is 18.5 Å². The van der Waals surface area contributed by atoms with Crippen molar-refractivity contribution in [2.24, 2.45) is 5.73 Å². The Labute approximate surface area is 109 Å². The average Bonchev–Trinajstić information content (AvgIpc) is 2.28. The summed E-state index contributed by atoms with van der Waals surface area (Å²) in [7, 11) is 4.05. The molecule has 1 atom stereocenters. The minimum absolute atomic E-state index is 0.232. The molecule has 0 unspecified atom stereocenters. The molecule has 0 aromatic heterocycles. The van der Waals surface area contributed by atoms with Gasteiger partial charge in [0.25, 0.3) is 0 Å². The fourth-order valence-electron chi connectivity index (χ4n) is 1.71. The van der Waals surface area contributed by atoms with Gasteiger partial charge in [-0.3, -0.25) is 0 Å². The van der Waals surface area contributed by atoms with E-state index in [1.807, 2.05) is 21.0 Å². The molecule has 4 heteroatoms. The summed E-state index contributed by atoms with van der Waals surface area (Å²) in [6.45, 7) is 5.14. The number of halogens is 1. The lowest BCUT2D eigenvalue weighted by Gasteiger charge is -2.16. The van der Waals surface area contributed by atoms with Crippen molar-refractivity contribution >= 4 is 0 Å². The van der Waals surface area contributed by atoms with E-state index in [1.165, 1.54) is 6.07 Å². The highest BCUT2D eigenvalue weighted by Crippen LogP contribution is 2.27. The summed E-state index contributed by atoms with van der Waals surface area (Å²) in [4.78, 5) is 2.10. The Bertz CT molecular complexity index is 392. The molecule has 3 nitrogen and oxygen atoms in total. The summed E-state index contributed by atoms with van der Waals surface area (Å²) in [5.41, 5.74) is 7.14. The van der Waals surface area contributed by atoms with Crippen LogP contribution in [0.1, 0.15) is 30.5 Å². The van der Waals surface area contributed by atoms with Gasteiger partial charge in [0, 0.05) is 18.2 Å². The normalized spacial score (nSPS) is 12.8. The summed E-state index contributed by atoms with van der Waals surface area (Å²) in [6.07, 6.45) is 0.932. The number of ether oxygens (including phenoxy) is 1. The van der Waals surface area contributed by atoms with Crippen LogP contribution in [0, 0.1) is 12.7 Å². The third kappa shape index (κ3) is 4.27. The maximum Gasteiger partial charge on any atom is 0.126 e. The second-order valence-corrected chi connectivity index (χ2v) is 4.93. The van der Waals surface area contributed by atoms with Crippen LogP contribution in [0.3, 0.4) is 0 Å². The van der Waals surface area contributed by atoms with Gasteiger partial charge in [-0.25, -0.2) is 4.39 Å². The fourth-order valence-corrected chi connectivity index (χ4v) is 1.71. The van der Waals surface area contributed by atoms with Gasteiger partial charge in [-0.2, -0.15) is 0 Å². The van der Waals surface area contributed by atoms with Gasteiger partial charge < -0.3 is 15.4 Å². The van der Waals surface area contributed by atoms with E-state index >= 15 is 0 Å². The van der Waals surface area contributed by atoms with Crippen LogP contribution in [-0.4, -0.2) is 32.1 Å². The summed E-state index contributed by atoms with van der Waals surface area (Å²) in [5, 5.41) is 0. The quantitative estimate of drug-likeness (QED) is 0.793. The van der Waals surface area contributed by atoms with Crippen molar-refractivity contribution < 1.29 is 9.13 Å². The first kappa shape index (κ1) is 14.9. The highest BCUT2D eigenvalue weighted by Gasteiger charge is 2.12. The van der Waals surface area contributed by atoms with E-state index in [1.54, 1.807) is 13.0 Å². The van der Waals surface area contributed by atoms with Crippen molar-refractivity contribution in [3.05, 3.63) is 29.1 Å². The van der Waals surface area contributed by atoms with Gasteiger partial charge in [0.2, 0.25) is 0 Å². The molecule has 1 rings (SSSR count). The number of nitrogens with two attached hydrogens (primary N) is 1. The lowest BCUT2D eigenvalue weighted by Crippen LogP contribution is -2.16. The average molecular weight is 254 g/mol. The maximum absolute atomic E-state index is 13.5. The predicted molar refractivity (Wildman–Crippen MR) is 72.4 cm³/mol. The van der Waals surface area contributed by atoms with Crippen molar-refractivity contribution in [2.75, 3.05) is 27.2 Å². The van der Waals surface area contributed by atoms with Crippen LogP contribution < -0.4 is 10.5 Å². The largest absolute Gasteiger partial charge is 0.493 e. The molecule has 0 aliphatic rings. The Hall–Kier alpha value is -1.13. The molecule has 0 heterocycles. The topological polar surface area (TPSA) is 38.5 Å². The molecule has 0 bridgehead atoms. The Kier molecular flexibility index (Phi) is 5.56. The highest BCUT2D eigenvalue weighted by atomic mass is 19.1. The monoisotopic (exact) mass is 254 g/mol. The highest BCUT2D eigenvalue weighted by molar-refractivity contribution is 5.39. The molecule has 1 aromatic carbocycles. The molecule has 0 amide bonds. The van der Waals surface area contributed by atoms with Gasteiger partial charge in [0.15, 0.2) is 0 Å². The van der Waals surface area contributed by atoms with Gasteiger partial charge in [-0.1, -0.05) is 0 Å². The minimum Gasteiger partial charge on any atom is -0.493 e. The van der Waals surface area contributed by atoms with E-state index in [-0.39, 0.29) is 11.9 Å². The Morgan fingerprint density at radius 1 is 1.39 bits per heavy atom. The molecule has 0 saturated heterocycles. The van der Waals surface area contributed by atoms with Crippen molar-refractivity contribution in [1.82, 2.24) is 4.90 Å². The third-order valence-electron chi connectivity index (χ3n) is 2.79. The summed E-state index contributed by atoms with van der Waals surface area (Å²) in [5.74, 6) is 0.464. The Morgan fingerprint density at radius 2 is 2.06 bits per heavy atom. The number of nitrogens with zero attached hydrogens (tertiary/aromatic N) is 1. The van der Waals surface area contributed by atoms with Crippen molar-refractivity contribution in [1.29, 1.82) is 0 Å². The van der Waals surface area contributed by atoms with E-state index in [9.17, 15) is 4.39 Å². The van der Waals surface area contributed by atoms with Gasteiger partial charge in [0.05, 0.1) is 6.61 Å². The number of hydrogen-bond acceptors (Lipinski definition) is 3. The van der Waals surface area contributed by atoms with Crippen LogP contribution in [-0.2, 0) is 0 Å². The smallest absolute Gasteiger partial charge is 0.126 e.